The monoisotopic (exact) mass is 334 g/mol. The van der Waals surface area contributed by atoms with Crippen molar-refractivity contribution >= 4 is 15.9 Å². The summed E-state index contributed by atoms with van der Waals surface area (Å²) in [6.45, 7) is 1.68. The van der Waals surface area contributed by atoms with E-state index in [1.807, 2.05) is 0 Å². The van der Waals surface area contributed by atoms with Crippen LogP contribution in [-0.4, -0.2) is 21.4 Å². The number of sulfonamides is 1. The molecule has 2 aromatic carbocycles. The molecule has 5 nitrogen and oxygen atoms in total. The van der Waals surface area contributed by atoms with E-state index in [9.17, 15) is 12.8 Å². The molecule has 0 spiro atoms. The van der Waals surface area contributed by atoms with Gasteiger partial charge in [-0.25, -0.2) is 12.8 Å². The van der Waals surface area contributed by atoms with E-state index >= 15 is 0 Å². The van der Waals surface area contributed by atoms with Gasteiger partial charge in [0.25, 0.3) is 10.0 Å². The summed E-state index contributed by atoms with van der Waals surface area (Å²) in [6, 6.07) is 10.4. The quantitative estimate of drug-likeness (QED) is 0.938. The van der Waals surface area contributed by atoms with Gasteiger partial charge >= 0.3 is 0 Å². The first-order chi connectivity index (χ1) is 10.9. The summed E-state index contributed by atoms with van der Waals surface area (Å²) in [4.78, 5) is 4.53. The Morgan fingerprint density at radius 2 is 1.91 bits per heavy atom. The Kier molecular flexibility index (Phi) is 3.81. The molecule has 1 heterocycles. The fourth-order valence-electron chi connectivity index (χ4n) is 2.59. The summed E-state index contributed by atoms with van der Waals surface area (Å²) in [6.07, 6.45) is 0. The van der Waals surface area contributed by atoms with Crippen LogP contribution in [0.2, 0.25) is 0 Å². The predicted octanol–water partition coefficient (Wildman–Crippen LogP) is 2.63. The number of hydrogen-bond acceptors (Lipinski definition) is 4. The van der Waals surface area contributed by atoms with Crippen molar-refractivity contribution < 1.29 is 17.5 Å². The van der Waals surface area contributed by atoms with Crippen molar-refractivity contribution in [2.45, 2.75) is 17.9 Å². The van der Waals surface area contributed by atoms with Crippen molar-refractivity contribution in [2.24, 2.45) is 4.99 Å². The Labute approximate surface area is 133 Å². The number of rotatable bonds is 3. The van der Waals surface area contributed by atoms with Crippen LogP contribution in [0.15, 0.2) is 52.4 Å². The molecule has 1 aliphatic rings. The number of nitrogens with one attached hydrogen (secondary N) is 1. The number of hydrogen-bond donors (Lipinski definition) is 1. The molecule has 7 heteroatoms. The van der Waals surface area contributed by atoms with E-state index in [1.54, 1.807) is 37.3 Å². The first kappa shape index (κ1) is 15.5. The second-order valence-corrected chi connectivity index (χ2v) is 6.76. The van der Waals surface area contributed by atoms with E-state index in [1.165, 1.54) is 19.2 Å². The molecule has 1 atom stereocenters. The molecule has 0 bridgehead atoms. The van der Waals surface area contributed by atoms with Gasteiger partial charge in [0.15, 0.2) is 0 Å². The summed E-state index contributed by atoms with van der Waals surface area (Å²) in [5, 5.41) is 0. The molecule has 0 radical (unpaired) electrons. The van der Waals surface area contributed by atoms with Crippen molar-refractivity contribution in [2.75, 3.05) is 7.11 Å². The molecule has 0 amide bonds. The summed E-state index contributed by atoms with van der Waals surface area (Å²) < 4.78 is 45.9. The highest BCUT2D eigenvalue weighted by atomic mass is 32.2. The molecule has 1 N–H and O–H groups in total. The third-order valence-corrected chi connectivity index (χ3v) is 5.03. The lowest BCUT2D eigenvalue weighted by Gasteiger charge is -2.14. The van der Waals surface area contributed by atoms with Crippen molar-refractivity contribution in [1.29, 1.82) is 0 Å². The zero-order valence-electron chi connectivity index (χ0n) is 12.6. The van der Waals surface area contributed by atoms with E-state index in [0.29, 0.717) is 11.3 Å². The standard InChI is InChI=1S/C16H15FN2O3S/c1-10(15-12(17)7-5-8-13(15)22-2)18-16-11-6-3-4-9-14(11)23(20,21)19-16/h3-10H,1-2H3,(H,18,19)/t10-/m1/s1. The molecule has 2 aromatic rings. The minimum atomic E-state index is -3.61. The molecule has 0 aliphatic carbocycles. The molecule has 0 aromatic heterocycles. The highest BCUT2D eigenvalue weighted by Crippen LogP contribution is 2.31. The van der Waals surface area contributed by atoms with Gasteiger partial charge in [-0.2, -0.15) is 0 Å². The van der Waals surface area contributed by atoms with E-state index in [0.717, 1.165) is 0 Å². The zero-order valence-corrected chi connectivity index (χ0v) is 13.4. The number of halogens is 1. The van der Waals surface area contributed by atoms with Crippen LogP contribution < -0.4 is 9.46 Å². The Balaban J connectivity index is 2.07. The smallest absolute Gasteiger partial charge is 0.263 e. The Bertz CT molecular complexity index is 894. The number of benzene rings is 2. The van der Waals surface area contributed by atoms with Gasteiger partial charge in [0, 0.05) is 5.56 Å². The third-order valence-electron chi connectivity index (χ3n) is 3.64. The first-order valence-electron chi connectivity index (χ1n) is 6.96. The molecule has 0 saturated carbocycles. The molecule has 120 valence electrons. The van der Waals surface area contributed by atoms with Crippen molar-refractivity contribution in [3.63, 3.8) is 0 Å². The van der Waals surface area contributed by atoms with Crippen LogP contribution in [0.1, 0.15) is 24.1 Å². The minimum absolute atomic E-state index is 0.173. The molecule has 0 fully saturated rings. The molecular weight excluding hydrogens is 319 g/mol. The Hall–Kier alpha value is -2.41. The number of ether oxygens (including phenoxy) is 1. The highest BCUT2D eigenvalue weighted by Gasteiger charge is 2.31. The normalized spacial score (nSPS) is 18.3. The minimum Gasteiger partial charge on any atom is -0.496 e. The summed E-state index contributed by atoms with van der Waals surface area (Å²) in [5.74, 6) is 0.129. The number of methoxy groups -OCH3 is 1. The Morgan fingerprint density at radius 3 is 2.65 bits per heavy atom. The largest absolute Gasteiger partial charge is 0.496 e. The zero-order chi connectivity index (χ0) is 16.6. The van der Waals surface area contributed by atoms with Crippen molar-refractivity contribution in [3.05, 3.63) is 59.4 Å². The second kappa shape index (κ2) is 5.66. The third kappa shape index (κ3) is 2.68. The van der Waals surface area contributed by atoms with Crippen LogP contribution in [0.5, 0.6) is 5.75 Å². The molecule has 0 unspecified atom stereocenters. The maximum Gasteiger partial charge on any atom is 0.263 e. The van der Waals surface area contributed by atoms with Crippen LogP contribution >= 0.6 is 0 Å². The lowest BCUT2D eigenvalue weighted by molar-refractivity contribution is 0.401. The van der Waals surface area contributed by atoms with Gasteiger partial charge in [-0.1, -0.05) is 18.2 Å². The predicted molar refractivity (Wildman–Crippen MR) is 84.7 cm³/mol. The first-order valence-corrected chi connectivity index (χ1v) is 8.45. The SMILES string of the molecule is COc1cccc(F)c1[C@@H](C)N=C1NS(=O)(=O)c2ccccc21. The molecule has 3 rings (SSSR count). The van der Waals surface area contributed by atoms with E-state index in [4.69, 9.17) is 4.74 Å². The van der Waals surface area contributed by atoms with Crippen molar-refractivity contribution in [1.82, 2.24) is 4.72 Å². The van der Waals surface area contributed by atoms with Gasteiger partial charge in [0.1, 0.15) is 17.4 Å². The van der Waals surface area contributed by atoms with Gasteiger partial charge in [0.2, 0.25) is 0 Å². The van der Waals surface area contributed by atoms with Gasteiger partial charge in [-0.05, 0) is 31.2 Å². The topological polar surface area (TPSA) is 67.8 Å². The molecule has 0 saturated heterocycles. The number of amidine groups is 1. The van der Waals surface area contributed by atoms with Crippen LogP contribution in [0.3, 0.4) is 0 Å². The number of aliphatic imine (C=N–C) groups is 1. The summed E-state index contributed by atoms with van der Waals surface area (Å²) in [5.41, 5.74) is 0.765. The van der Waals surface area contributed by atoms with E-state index < -0.39 is 21.9 Å². The number of fused-ring (bicyclic) bond motifs is 1. The van der Waals surface area contributed by atoms with Gasteiger partial charge in [0.05, 0.1) is 23.6 Å². The van der Waals surface area contributed by atoms with Gasteiger partial charge in [-0.15, -0.1) is 0 Å². The summed E-state index contributed by atoms with van der Waals surface area (Å²) in [7, 11) is -2.16. The van der Waals surface area contributed by atoms with Gasteiger partial charge < -0.3 is 4.74 Å². The second-order valence-electron chi connectivity index (χ2n) is 5.11. The summed E-state index contributed by atoms with van der Waals surface area (Å²) >= 11 is 0. The van der Waals surface area contributed by atoms with Crippen LogP contribution in [0.25, 0.3) is 0 Å². The van der Waals surface area contributed by atoms with E-state index in [2.05, 4.69) is 9.71 Å². The van der Waals surface area contributed by atoms with Gasteiger partial charge in [-0.3, -0.25) is 9.71 Å². The average molecular weight is 334 g/mol. The average Bonchev–Trinajstić information content (AvgIpc) is 2.78. The maximum absolute atomic E-state index is 14.1. The van der Waals surface area contributed by atoms with Crippen molar-refractivity contribution in [3.8, 4) is 5.75 Å². The maximum atomic E-state index is 14.1. The highest BCUT2D eigenvalue weighted by molar-refractivity contribution is 7.90. The fraction of sp³-hybridized carbons (Fsp3) is 0.188. The van der Waals surface area contributed by atoms with Crippen LogP contribution in [-0.2, 0) is 10.0 Å². The molecule has 1 aliphatic heterocycles. The fourth-order valence-corrected chi connectivity index (χ4v) is 3.83. The lowest BCUT2D eigenvalue weighted by Crippen LogP contribution is -2.22. The van der Waals surface area contributed by atoms with Crippen LogP contribution in [0.4, 0.5) is 4.39 Å². The van der Waals surface area contributed by atoms with Crippen LogP contribution in [0, 0.1) is 5.82 Å². The molecule has 23 heavy (non-hydrogen) atoms. The molecular formula is C16H15FN2O3S. The lowest BCUT2D eigenvalue weighted by atomic mass is 10.1. The number of nitrogens with zero attached hydrogens (tertiary/aromatic N) is 1. The van der Waals surface area contributed by atoms with E-state index in [-0.39, 0.29) is 16.3 Å². The Morgan fingerprint density at radius 1 is 1.17 bits per heavy atom.